The molecule has 1 aromatic rings. The summed E-state index contributed by atoms with van der Waals surface area (Å²) >= 11 is 0. The quantitative estimate of drug-likeness (QED) is 0.823. The highest BCUT2D eigenvalue weighted by Gasteiger charge is 2.38. The largest absolute Gasteiger partial charge is 0.363 e. The summed E-state index contributed by atoms with van der Waals surface area (Å²) in [6.07, 6.45) is 3.72. The minimum absolute atomic E-state index is 0.0305. The van der Waals surface area contributed by atoms with E-state index in [1.807, 2.05) is 40.9 Å². The van der Waals surface area contributed by atoms with Gasteiger partial charge in [0.2, 0.25) is 5.91 Å². The van der Waals surface area contributed by atoms with Gasteiger partial charge in [-0.05, 0) is 30.9 Å². The highest BCUT2D eigenvalue weighted by atomic mass is 16.2. The number of fused-ring (bicyclic) bond motifs is 4. The molecule has 0 unspecified atom stereocenters. The maximum absolute atomic E-state index is 12.9. The first-order chi connectivity index (χ1) is 11.0. The summed E-state index contributed by atoms with van der Waals surface area (Å²) in [5.74, 6) is 1.36. The minimum atomic E-state index is 0.0305. The van der Waals surface area contributed by atoms with Crippen LogP contribution in [0.3, 0.4) is 0 Å². The molecule has 1 aromatic heterocycles. The van der Waals surface area contributed by atoms with Gasteiger partial charge >= 0.3 is 0 Å². The summed E-state index contributed by atoms with van der Waals surface area (Å²) in [4.78, 5) is 34.7. The molecule has 0 saturated carbocycles. The molecule has 23 heavy (non-hydrogen) atoms. The van der Waals surface area contributed by atoms with Crippen LogP contribution in [0.25, 0.3) is 0 Å². The first kappa shape index (κ1) is 15.8. The van der Waals surface area contributed by atoms with Gasteiger partial charge in [0.1, 0.15) is 5.82 Å². The van der Waals surface area contributed by atoms with Crippen LogP contribution < -0.4 is 4.90 Å². The predicted molar refractivity (Wildman–Crippen MR) is 88.4 cm³/mol. The van der Waals surface area contributed by atoms with E-state index in [0.717, 1.165) is 31.7 Å². The van der Waals surface area contributed by atoms with Gasteiger partial charge in [-0.2, -0.15) is 0 Å². The number of hydrogen-bond acceptors (Lipinski definition) is 4. The van der Waals surface area contributed by atoms with Crippen molar-refractivity contribution in [2.24, 2.45) is 5.92 Å². The molecule has 0 N–H and O–H groups in total. The fourth-order valence-electron chi connectivity index (χ4n) is 3.53. The van der Waals surface area contributed by atoms with Crippen LogP contribution in [0.4, 0.5) is 5.82 Å². The Labute approximate surface area is 137 Å². The fraction of sp³-hybridized carbons (Fsp3) is 0.588. The van der Waals surface area contributed by atoms with Crippen LogP contribution in [0.2, 0.25) is 0 Å². The number of aromatic nitrogens is 1. The minimum Gasteiger partial charge on any atom is -0.363 e. The summed E-state index contributed by atoms with van der Waals surface area (Å²) in [7, 11) is 3.85. The molecule has 4 rings (SSSR count). The van der Waals surface area contributed by atoms with Gasteiger partial charge in [0.25, 0.3) is 5.91 Å². The maximum Gasteiger partial charge on any atom is 0.255 e. The Balaban J connectivity index is 1.78. The van der Waals surface area contributed by atoms with Crippen LogP contribution in [0, 0.1) is 5.92 Å². The second-order valence-corrected chi connectivity index (χ2v) is 6.78. The molecule has 6 heteroatoms. The Kier molecular flexibility index (Phi) is 4.24. The number of amides is 2. The number of piperidine rings is 1. The van der Waals surface area contributed by atoms with Crippen molar-refractivity contribution in [1.29, 1.82) is 0 Å². The standard InChI is InChI=1S/C17H24N4O2/c1-12(22)20-9-13-4-6-15(11-20)21(10-13)17(23)14-5-7-16(18-8-14)19(2)3/h5,7-8,13,15H,4,6,9-11H2,1-3H3/t13-,15+/m0/s1. The van der Waals surface area contributed by atoms with Crippen LogP contribution in [-0.4, -0.2) is 66.4 Å². The lowest BCUT2D eigenvalue weighted by molar-refractivity contribution is -0.129. The van der Waals surface area contributed by atoms with E-state index in [2.05, 4.69) is 4.98 Å². The molecule has 2 atom stereocenters. The van der Waals surface area contributed by atoms with Crippen molar-refractivity contribution >= 4 is 17.6 Å². The third-order valence-electron chi connectivity index (χ3n) is 4.87. The zero-order chi connectivity index (χ0) is 16.6. The lowest BCUT2D eigenvalue weighted by atomic mass is 9.94. The number of anilines is 1. The molecule has 2 amide bonds. The summed E-state index contributed by atoms with van der Waals surface area (Å²) in [6, 6.07) is 3.83. The van der Waals surface area contributed by atoms with Gasteiger partial charge in [0.15, 0.2) is 0 Å². The zero-order valence-corrected chi connectivity index (χ0v) is 14.0. The molecule has 6 nitrogen and oxygen atoms in total. The van der Waals surface area contributed by atoms with Gasteiger partial charge in [-0.25, -0.2) is 4.98 Å². The Hall–Kier alpha value is -2.11. The van der Waals surface area contributed by atoms with Crippen molar-refractivity contribution in [1.82, 2.24) is 14.8 Å². The van der Waals surface area contributed by atoms with Crippen LogP contribution in [-0.2, 0) is 4.79 Å². The van der Waals surface area contributed by atoms with Crippen molar-refractivity contribution < 1.29 is 9.59 Å². The van der Waals surface area contributed by atoms with E-state index < -0.39 is 0 Å². The van der Waals surface area contributed by atoms with E-state index in [1.165, 1.54) is 0 Å². The first-order valence-electron chi connectivity index (χ1n) is 8.15. The third-order valence-corrected chi connectivity index (χ3v) is 4.87. The van der Waals surface area contributed by atoms with Crippen molar-refractivity contribution in [2.45, 2.75) is 25.8 Å². The number of hydrogen-bond donors (Lipinski definition) is 0. The Morgan fingerprint density at radius 2 is 1.96 bits per heavy atom. The Bertz CT molecular complexity index is 599. The number of pyridine rings is 1. The van der Waals surface area contributed by atoms with Crippen molar-refractivity contribution in [3.63, 3.8) is 0 Å². The van der Waals surface area contributed by atoms with Gasteiger partial charge in [0.05, 0.1) is 5.56 Å². The predicted octanol–water partition coefficient (Wildman–Crippen LogP) is 1.23. The van der Waals surface area contributed by atoms with Gasteiger partial charge in [-0.3, -0.25) is 9.59 Å². The summed E-state index contributed by atoms with van der Waals surface area (Å²) < 4.78 is 0. The molecule has 0 radical (unpaired) electrons. The normalized spacial score (nSPS) is 23.6. The number of carbonyl (C=O) groups excluding carboxylic acids is 2. The molecule has 3 fully saturated rings. The topological polar surface area (TPSA) is 56.8 Å². The van der Waals surface area contributed by atoms with E-state index >= 15 is 0 Å². The summed E-state index contributed by atoms with van der Waals surface area (Å²) in [5, 5.41) is 0. The highest BCUT2D eigenvalue weighted by molar-refractivity contribution is 5.94. The van der Waals surface area contributed by atoms with Crippen molar-refractivity contribution in [3.05, 3.63) is 23.9 Å². The van der Waals surface area contributed by atoms with E-state index in [4.69, 9.17) is 0 Å². The maximum atomic E-state index is 12.9. The lowest BCUT2D eigenvalue weighted by Gasteiger charge is -2.36. The van der Waals surface area contributed by atoms with Crippen LogP contribution in [0.1, 0.15) is 30.1 Å². The fourth-order valence-corrected chi connectivity index (χ4v) is 3.53. The molecule has 0 aromatic carbocycles. The number of carbonyl (C=O) groups is 2. The van der Waals surface area contributed by atoms with Gasteiger partial charge < -0.3 is 14.7 Å². The van der Waals surface area contributed by atoms with Crippen LogP contribution in [0.15, 0.2) is 18.3 Å². The molecule has 3 aliphatic heterocycles. The molecule has 4 heterocycles. The molecular weight excluding hydrogens is 292 g/mol. The number of nitrogens with zero attached hydrogens (tertiary/aromatic N) is 4. The average molecular weight is 316 g/mol. The van der Waals surface area contributed by atoms with E-state index in [0.29, 0.717) is 18.0 Å². The highest BCUT2D eigenvalue weighted by Crippen LogP contribution is 2.29. The second kappa shape index (κ2) is 6.18. The molecule has 124 valence electrons. The van der Waals surface area contributed by atoms with Gasteiger partial charge in [0, 0.05) is 52.9 Å². The molecule has 3 aliphatic rings. The molecule has 0 aliphatic carbocycles. The van der Waals surface area contributed by atoms with E-state index in [-0.39, 0.29) is 17.9 Å². The Morgan fingerprint density at radius 1 is 1.17 bits per heavy atom. The zero-order valence-electron chi connectivity index (χ0n) is 14.0. The van der Waals surface area contributed by atoms with Crippen molar-refractivity contribution in [3.8, 4) is 0 Å². The lowest BCUT2D eigenvalue weighted by Crippen LogP contribution is -2.47. The summed E-state index contributed by atoms with van der Waals surface area (Å²) in [6.45, 7) is 3.78. The summed E-state index contributed by atoms with van der Waals surface area (Å²) in [5.41, 5.74) is 0.623. The Morgan fingerprint density at radius 3 is 2.57 bits per heavy atom. The first-order valence-corrected chi connectivity index (χ1v) is 8.15. The molecule has 2 bridgehead atoms. The molecular formula is C17H24N4O2. The van der Waals surface area contributed by atoms with Crippen molar-refractivity contribution in [2.75, 3.05) is 38.6 Å². The third kappa shape index (κ3) is 3.16. The monoisotopic (exact) mass is 316 g/mol. The van der Waals surface area contributed by atoms with Gasteiger partial charge in [-0.15, -0.1) is 0 Å². The smallest absolute Gasteiger partial charge is 0.255 e. The average Bonchev–Trinajstić information content (AvgIpc) is 2.86. The van der Waals surface area contributed by atoms with E-state index in [9.17, 15) is 9.59 Å². The second-order valence-electron chi connectivity index (χ2n) is 6.78. The molecule has 0 spiro atoms. The molecule has 3 saturated heterocycles. The van der Waals surface area contributed by atoms with E-state index in [1.54, 1.807) is 13.1 Å². The number of rotatable bonds is 2. The van der Waals surface area contributed by atoms with Gasteiger partial charge in [-0.1, -0.05) is 0 Å². The SMILES string of the molecule is CC(=O)N1C[C@@H]2CC[C@H](C1)N(C(=O)c1ccc(N(C)C)nc1)C2. The van der Waals surface area contributed by atoms with Crippen LogP contribution >= 0.6 is 0 Å². The van der Waals surface area contributed by atoms with Crippen LogP contribution in [0.5, 0.6) is 0 Å².